The first-order valence-corrected chi connectivity index (χ1v) is 3.30. The number of hydrogen-bond acceptors (Lipinski definition) is 2. The van der Waals surface area contributed by atoms with Crippen molar-refractivity contribution < 1.29 is 14.7 Å². The molecule has 0 heterocycles. The highest BCUT2D eigenvalue weighted by Gasteiger charge is 2.06. The Bertz CT molecular complexity index is 187. The van der Waals surface area contributed by atoms with Gasteiger partial charge in [-0.2, -0.15) is 0 Å². The van der Waals surface area contributed by atoms with E-state index < -0.39 is 11.9 Å². The molecule has 0 aliphatic rings. The van der Waals surface area contributed by atoms with Crippen LogP contribution < -0.4 is 5.32 Å². The SMILES string of the molecule is CC(=O)N/C(=C\Br)C(=O)O. The fraction of sp³-hybridized carbons (Fsp3) is 0.200. The van der Waals surface area contributed by atoms with Crippen molar-refractivity contribution in [3.63, 3.8) is 0 Å². The van der Waals surface area contributed by atoms with E-state index in [2.05, 4.69) is 21.2 Å². The number of hydrogen-bond donors (Lipinski definition) is 2. The first-order valence-electron chi connectivity index (χ1n) is 2.39. The summed E-state index contributed by atoms with van der Waals surface area (Å²) in [5, 5.41) is 10.4. The second-order valence-electron chi connectivity index (χ2n) is 1.51. The van der Waals surface area contributed by atoms with Crippen LogP contribution in [-0.2, 0) is 9.59 Å². The zero-order chi connectivity index (χ0) is 8.15. The monoisotopic (exact) mass is 207 g/mol. The van der Waals surface area contributed by atoms with E-state index in [0.717, 1.165) is 4.99 Å². The van der Waals surface area contributed by atoms with Gasteiger partial charge < -0.3 is 10.4 Å². The molecule has 0 aromatic rings. The van der Waals surface area contributed by atoms with Gasteiger partial charge in [-0.25, -0.2) is 4.79 Å². The maximum absolute atomic E-state index is 10.3. The van der Waals surface area contributed by atoms with E-state index in [0.29, 0.717) is 0 Å². The van der Waals surface area contributed by atoms with Crippen LogP contribution in [-0.4, -0.2) is 17.0 Å². The third-order valence-corrected chi connectivity index (χ3v) is 1.11. The largest absolute Gasteiger partial charge is 0.477 e. The fourth-order valence-electron chi connectivity index (χ4n) is 0.317. The molecule has 5 heteroatoms. The quantitative estimate of drug-likeness (QED) is 0.647. The van der Waals surface area contributed by atoms with Crippen LogP contribution in [0.1, 0.15) is 6.92 Å². The van der Waals surface area contributed by atoms with Crippen molar-refractivity contribution >= 4 is 27.8 Å². The van der Waals surface area contributed by atoms with Crippen LogP contribution in [0.5, 0.6) is 0 Å². The lowest BCUT2D eigenvalue weighted by Crippen LogP contribution is -2.24. The van der Waals surface area contributed by atoms with Crippen molar-refractivity contribution in [1.82, 2.24) is 5.32 Å². The Hall–Kier alpha value is -0.840. The fourth-order valence-corrected chi connectivity index (χ4v) is 0.627. The van der Waals surface area contributed by atoms with Crippen molar-refractivity contribution in [1.29, 1.82) is 0 Å². The van der Waals surface area contributed by atoms with Crippen LogP contribution in [0.15, 0.2) is 10.7 Å². The lowest BCUT2D eigenvalue weighted by Gasteiger charge is -1.98. The average Bonchev–Trinajstić information content (AvgIpc) is 1.81. The minimum absolute atomic E-state index is 0.174. The van der Waals surface area contributed by atoms with E-state index in [-0.39, 0.29) is 5.70 Å². The summed E-state index contributed by atoms with van der Waals surface area (Å²) in [6.07, 6.45) is 0. The van der Waals surface area contributed by atoms with Crippen molar-refractivity contribution in [3.8, 4) is 0 Å². The predicted octanol–water partition coefficient (Wildman–Crippen LogP) is 0.443. The van der Waals surface area contributed by atoms with Gasteiger partial charge >= 0.3 is 5.97 Å². The molecule has 0 aromatic carbocycles. The molecule has 0 atom stereocenters. The Morgan fingerprint density at radius 1 is 1.60 bits per heavy atom. The Balaban J connectivity index is 4.12. The van der Waals surface area contributed by atoms with Gasteiger partial charge in [-0.05, 0) is 0 Å². The van der Waals surface area contributed by atoms with Crippen LogP contribution in [0, 0.1) is 0 Å². The summed E-state index contributed by atoms with van der Waals surface area (Å²) in [6.45, 7) is 1.24. The van der Waals surface area contributed by atoms with Gasteiger partial charge in [0.05, 0.1) is 0 Å². The summed E-state index contributed by atoms with van der Waals surface area (Å²) < 4.78 is 0. The molecule has 0 rings (SSSR count). The highest BCUT2D eigenvalue weighted by molar-refractivity contribution is 9.11. The molecule has 0 aliphatic heterocycles. The van der Waals surface area contributed by atoms with Gasteiger partial charge in [0, 0.05) is 11.9 Å². The zero-order valence-electron chi connectivity index (χ0n) is 5.22. The van der Waals surface area contributed by atoms with Gasteiger partial charge in [0.2, 0.25) is 5.91 Å². The number of carboxylic acids is 1. The number of carboxylic acid groups (broad SMARTS) is 1. The Morgan fingerprint density at radius 3 is 2.20 bits per heavy atom. The third-order valence-electron chi connectivity index (χ3n) is 0.650. The van der Waals surface area contributed by atoms with Gasteiger partial charge in [0.15, 0.2) is 0 Å². The molecule has 0 spiro atoms. The third kappa shape index (κ3) is 3.24. The van der Waals surface area contributed by atoms with Crippen LogP contribution >= 0.6 is 15.9 Å². The topological polar surface area (TPSA) is 66.4 Å². The molecule has 1 amide bonds. The molecule has 56 valence electrons. The summed E-state index contributed by atoms with van der Waals surface area (Å²) in [4.78, 5) is 21.6. The maximum atomic E-state index is 10.3. The molecular weight excluding hydrogens is 202 g/mol. The summed E-state index contributed by atoms with van der Waals surface area (Å²) in [7, 11) is 0. The van der Waals surface area contributed by atoms with Crippen LogP contribution in [0.3, 0.4) is 0 Å². The van der Waals surface area contributed by atoms with Crippen molar-refractivity contribution in [2.75, 3.05) is 0 Å². The van der Waals surface area contributed by atoms with E-state index in [1.54, 1.807) is 0 Å². The molecule has 0 unspecified atom stereocenters. The summed E-state index contributed by atoms with van der Waals surface area (Å²) in [6, 6.07) is 0. The Kier molecular flexibility index (Phi) is 3.71. The first kappa shape index (κ1) is 9.16. The molecular formula is C5H6BrNO3. The van der Waals surface area contributed by atoms with Crippen LogP contribution in [0.25, 0.3) is 0 Å². The second kappa shape index (κ2) is 4.05. The predicted molar refractivity (Wildman–Crippen MR) is 38.5 cm³/mol. The summed E-state index contributed by atoms with van der Waals surface area (Å²) in [5.74, 6) is -1.58. The Morgan fingerprint density at radius 2 is 2.10 bits per heavy atom. The van der Waals surface area contributed by atoms with Gasteiger partial charge in [0.25, 0.3) is 0 Å². The number of aliphatic carboxylic acids is 1. The lowest BCUT2D eigenvalue weighted by atomic mass is 10.5. The first-order chi connectivity index (χ1) is 4.57. The van der Waals surface area contributed by atoms with E-state index >= 15 is 0 Å². The average molecular weight is 208 g/mol. The number of amides is 1. The molecule has 0 aliphatic carbocycles. The molecule has 0 saturated heterocycles. The normalized spacial score (nSPS) is 10.8. The van der Waals surface area contributed by atoms with Crippen LogP contribution in [0.2, 0.25) is 0 Å². The molecule has 4 nitrogen and oxygen atoms in total. The maximum Gasteiger partial charge on any atom is 0.352 e. The summed E-state index contributed by atoms with van der Waals surface area (Å²) >= 11 is 2.79. The van der Waals surface area contributed by atoms with E-state index in [1.807, 2.05) is 0 Å². The molecule has 10 heavy (non-hydrogen) atoms. The van der Waals surface area contributed by atoms with Crippen LogP contribution in [0.4, 0.5) is 0 Å². The van der Waals surface area contributed by atoms with Crippen molar-refractivity contribution in [3.05, 3.63) is 10.7 Å². The Labute approximate surface area is 66.0 Å². The number of rotatable bonds is 2. The highest BCUT2D eigenvalue weighted by Crippen LogP contribution is 1.93. The lowest BCUT2D eigenvalue weighted by molar-refractivity contribution is -0.134. The number of halogens is 1. The summed E-state index contributed by atoms with van der Waals surface area (Å²) in [5.41, 5.74) is -0.174. The molecule has 0 fully saturated rings. The van der Waals surface area contributed by atoms with E-state index in [4.69, 9.17) is 5.11 Å². The van der Waals surface area contributed by atoms with Crippen molar-refractivity contribution in [2.45, 2.75) is 6.92 Å². The van der Waals surface area contributed by atoms with Gasteiger partial charge in [-0.1, -0.05) is 15.9 Å². The molecule has 0 aromatic heterocycles. The number of nitrogens with one attached hydrogen (secondary N) is 1. The number of carbonyl (C=O) groups is 2. The van der Waals surface area contributed by atoms with Crippen molar-refractivity contribution in [2.24, 2.45) is 0 Å². The molecule has 2 N–H and O–H groups in total. The van der Waals surface area contributed by atoms with E-state index in [9.17, 15) is 9.59 Å². The zero-order valence-corrected chi connectivity index (χ0v) is 6.81. The van der Waals surface area contributed by atoms with E-state index in [1.165, 1.54) is 6.92 Å². The van der Waals surface area contributed by atoms with Gasteiger partial charge in [0.1, 0.15) is 5.70 Å². The minimum Gasteiger partial charge on any atom is -0.477 e. The smallest absolute Gasteiger partial charge is 0.352 e. The number of carbonyl (C=O) groups excluding carboxylic acids is 1. The molecule has 0 bridgehead atoms. The standard InChI is InChI=1S/C5H6BrNO3/c1-3(8)7-4(2-6)5(9)10/h2H,1H3,(H,7,8)(H,9,10)/b4-2-. The molecule has 0 saturated carbocycles. The highest BCUT2D eigenvalue weighted by atomic mass is 79.9. The minimum atomic E-state index is -1.17. The van der Waals surface area contributed by atoms with Gasteiger partial charge in [-0.15, -0.1) is 0 Å². The molecule has 0 radical (unpaired) electrons. The second-order valence-corrected chi connectivity index (χ2v) is 1.97. The van der Waals surface area contributed by atoms with Gasteiger partial charge in [-0.3, -0.25) is 4.79 Å².